The van der Waals surface area contributed by atoms with Crippen molar-refractivity contribution in [1.82, 2.24) is 0 Å². The Morgan fingerprint density at radius 3 is 1.74 bits per heavy atom. The molecule has 0 aromatic heterocycles. The average Bonchev–Trinajstić information content (AvgIpc) is 3.56. The van der Waals surface area contributed by atoms with Gasteiger partial charge in [-0.25, -0.2) is 9.59 Å². The fourth-order valence-corrected chi connectivity index (χ4v) is 11.8. The van der Waals surface area contributed by atoms with Crippen LogP contribution in [0.1, 0.15) is 209 Å². The molecule has 66 heavy (non-hydrogen) atoms. The highest BCUT2D eigenvalue weighted by atomic mass is 16.6. The summed E-state index contributed by atoms with van der Waals surface area (Å²) in [7, 11) is 0. The number of ether oxygens (including phenoxy) is 4. The highest BCUT2D eigenvalue weighted by Gasteiger charge is 2.40. The van der Waals surface area contributed by atoms with Gasteiger partial charge in [0.25, 0.3) is 0 Å². The molecule has 6 rings (SSSR count). The van der Waals surface area contributed by atoms with Gasteiger partial charge >= 0.3 is 11.9 Å². The molecule has 4 fully saturated rings. The zero-order valence-electron chi connectivity index (χ0n) is 41.3. The maximum absolute atomic E-state index is 13.9. The van der Waals surface area contributed by atoms with Crippen LogP contribution in [0, 0.1) is 59.2 Å². The van der Waals surface area contributed by atoms with E-state index in [9.17, 15) is 9.59 Å². The third-order valence-electron chi connectivity index (χ3n) is 15.9. The van der Waals surface area contributed by atoms with E-state index >= 15 is 0 Å². The van der Waals surface area contributed by atoms with Crippen LogP contribution in [0.5, 0.6) is 5.75 Å². The van der Waals surface area contributed by atoms with Crippen molar-refractivity contribution in [1.29, 1.82) is 0 Å². The molecule has 4 aliphatic carbocycles. The largest absolute Gasteiger partial charge is 0.493 e. The number of rotatable bonds is 20. The molecule has 0 amide bonds. The Kier molecular flexibility index (Phi) is 21.1. The first kappa shape index (κ1) is 51.4. The summed E-state index contributed by atoms with van der Waals surface area (Å²) < 4.78 is 24.1. The van der Waals surface area contributed by atoms with Gasteiger partial charge in [-0.15, -0.1) is 0 Å². The van der Waals surface area contributed by atoms with E-state index < -0.39 is 11.6 Å². The van der Waals surface area contributed by atoms with Crippen LogP contribution in [0.4, 0.5) is 0 Å². The molecule has 0 heterocycles. The van der Waals surface area contributed by atoms with Crippen LogP contribution in [-0.2, 0) is 19.0 Å². The lowest BCUT2D eigenvalue weighted by molar-refractivity contribution is -0.137. The molecule has 0 radical (unpaired) electrons. The molecule has 0 spiro atoms. The average molecular weight is 901 g/mol. The van der Waals surface area contributed by atoms with E-state index in [4.69, 9.17) is 18.9 Å². The number of benzene rings is 2. The molecule has 4 saturated carbocycles. The summed E-state index contributed by atoms with van der Waals surface area (Å²) in [5.41, 5.74) is 1.14. The van der Waals surface area contributed by atoms with Crippen LogP contribution in [-0.4, -0.2) is 43.0 Å². The number of unbranched alkanes of at least 4 members (excludes halogenated alkanes) is 3. The second-order valence-corrected chi connectivity index (χ2v) is 20.6. The quantitative estimate of drug-likeness (QED) is 0.0433. The number of hydrogen-bond acceptors (Lipinski definition) is 6. The van der Waals surface area contributed by atoms with Crippen LogP contribution < -0.4 is 4.74 Å². The van der Waals surface area contributed by atoms with Gasteiger partial charge in [0, 0.05) is 30.2 Å². The molecule has 0 aliphatic heterocycles. The Balaban J connectivity index is 1.11. The zero-order chi connectivity index (χ0) is 46.5. The highest BCUT2D eigenvalue weighted by molar-refractivity contribution is 5.90. The first-order chi connectivity index (χ1) is 32.2. The zero-order valence-corrected chi connectivity index (χ0v) is 41.3. The Morgan fingerprint density at radius 2 is 1.15 bits per heavy atom. The third-order valence-corrected chi connectivity index (χ3v) is 15.9. The second kappa shape index (κ2) is 27.1. The van der Waals surface area contributed by atoms with E-state index in [2.05, 4.69) is 75.3 Å². The van der Waals surface area contributed by atoms with Gasteiger partial charge in [0.2, 0.25) is 0 Å². The first-order valence-corrected chi connectivity index (χ1v) is 26.8. The SMILES string of the molecule is C=CC(=O)OCCCOc1ccc(C(=O)OC2(C#Cc3ccc(C#CC4(OCCCC)CCC(C5CCC(CCCCC)CC5)CC4)cc3)CCCC(C3CCC(CCC)CC3)CC2)cc1. The van der Waals surface area contributed by atoms with E-state index in [0.717, 1.165) is 105 Å². The summed E-state index contributed by atoms with van der Waals surface area (Å²) >= 11 is 0. The molecule has 2 aromatic carbocycles. The molecule has 4 aliphatic rings. The molecule has 6 nitrogen and oxygen atoms in total. The summed E-state index contributed by atoms with van der Waals surface area (Å²) in [5.74, 6) is 19.1. The van der Waals surface area contributed by atoms with Crippen molar-refractivity contribution in [2.45, 2.75) is 199 Å². The van der Waals surface area contributed by atoms with E-state index in [-0.39, 0.29) is 18.2 Å². The minimum absolute atomic E-state index is 0.257. The van der Waals surface area contributed by atoms with Gasteiger partial charge < -0.3 is 18.9 Å². The van der Waals surface area contributed by atoms with E-state index in [1.807, 2.05) is 0 Å². The fourth-order valence-electron chi connectivity index (χ4n) is 11.8. The lowest BCUT2D eigenvalue weighted by atomic mass is 9.67. The number of esters is 2. The predicted octanol–water partition coefficient (Wildman–Crippen LogP) is 14.8. The van der Waals surface area contributed by atoms with Crippen LogP contribution in [0.2, 0.25) is 0 Å². The first-order valence-electron chi connectivity index (χ1n) is 26.8. The summed E-state index contributed by atoms with van der Waals surface area (Å²) in [6.45, 7) is 11.7. The van der Waals surface area contributed by atoms with Crippen molar-refractivity contribution in [3.8, 4) is 29.4 Å². The van der Waals surface area contributed by atoms with Crippen LogP contribution in [0.15, 0.2) is 61.2 Å². The molecular weight excluding hydrogens is 817 g/mol. The van der Waals surface area contributed by atoms with Crippen molar-refractivity contribution in [3.63, 3.8) is 0 Å². The lowest BCUT2D eigenvalue weighted by Gasteiger charge is -2.41. The van der Waals surface area contributed by atoms with E-state index in [1.165, 1.54) is 109 Å². The smallest absolute Gasteiger partial charge is 0.339 e. The topological polar surface area (TPSA) is 71.1 Å². The second-order valence-electron chi connectivity index (χ2n) is 20.6. The molecule has 0 N–H and O–H groups in total. The highest BCUT2D eigenvalue weighted by Crippen LogP contribution is 2.45. The summed E-state index contributed by atoms with van der Waals surface area (Å²) in [4.78, 5) is 25.2. The maximum Gasteiger partial charge on any atom is 0.339 e. The van der Waals surface area contributed by atoms with Crippen molar-refractivity contribution in [2.24, 2.45) is 35.5 Å². The van der Waals surface area contributed by atoms with Gasteiger partial charge in [-0.1, -0.05) is 116 Å². The molecule has 6 heteroatoms. The normalized spacial score (nSPS) is 27.7. The molecule has 2 unspecified atom stereocenters. The maximum atomic E-state index is 13.9. The monoisotopic (exact) mass is 901 g/mol. The van der Waals surface area contributed by atoms with Gasteiger partial charge in [0.05, 0.1) is 18.8 Å². The molecule has 2 atom stereocenters. The molecular formula is C60H84O6. The van der Waals surface area contributed by atoms with E-state index in [1.54, 1.807) is 24.3 Å². The Labute approximate surface area is 400 Å². The molecule has 2 aromatic rings. The van der Waals surface area contributed by atoms with Gasteiger partial charge in [-0.2, -0.15) is 0 Å². The van der Waals surface area contributed by atoms with Crippen LogP contribution >= 0.6 is 0 Å². The molecule has 0 saturated heterocycles. The Bertz CT molecular complexity index is 1890. The number of hydrogen-bond donors (Lipinski definition) is 0. The number of carbonyl (C=O) groups excluding carboxylic acids is 2. The van der Waals surface area contributed by atoms with E-state index in [0.29, 0.717) is 30.3 Å². The summed E-state index contributed by atoms with van der Waals surface area (Å²) in [5, 5.41) is 0. The van der Waals surface area contributed by atoms with Gasteiger partial charge in [0.15, 0.2) is 5.60 Å². The summed E-state index contributed by atoms with van der Waals surface area (Å²) in [6.07, 6.45) is 32.3. The van der Waals surface area contributed by atoms with Crippen LogP contribution in [0.3, 0.4) is 0 Å². The Morgan fingerprint density at radius 1 is 0.591 bits per heavy atom. The third kappa shape index (κ3) is 16.1. The van der Waals surface area contributed by atoms with Crippen molar-refractivity contribution < 1.29 is 28.5 Å². The number of carbonyl (C=O) groups is 2. The molecule has 0 bridgehead atoms. The predicted molar refractivity (Wildman–Crippen MR) is 268 cm³/mol. The van der Waals surface area contributed by atoms with Gasteiger partial charge in [0.1, 0.15) is 11.4 Å². The summed E-state index contributed by atoms with van der Waals surface area (Å²) in [6, 6.07) is 15.4. The minimum atomic E-state index is -0.864. The van der Waals surface area contributed by atoms with Crippen molar-refractivity contribution >= 4 is 11.9 Å². The van der Waals surface area contributed by atoms with Gasteiger partial charge in [-0.05, 0) is 180 Å². The molecule has 360 valence electrons. The van der Waals surface area contributed by atoms with Crippen molar-refractivity contribution in [2.75, 3.05) is 19.8 Å². The Hall–Kier alpha value is -4.00. The van der Waals surface area contributed by atoms with Crippen LogP contribution in [0.25, 0.3) is 0 Å². The minimum Gasteiger partial charge on any atom is -0.493 e. The lowest BCUT2D eigenvalue weighted by Crippen LogP contribution is -2.38. The standard InChI is InChI=1S/C60H84O6/c1-5-9-11-15-48-23-27-53(28-24-48)54-35-41-59(42-36-54,65-46-10-6-2)39-33-49-17-19-50(20-18-49)34-40-60(38-12-16-51(37-43-60)52-25-21-47(14-7-3)22-26-52)66-58(62)55-29-31-56(32-30-55)63-44-13-45-64-57(61)8-4/h8,17-20,29-32,47-48,51-54H,4-7,9-16,21-28,35-38,41-46H2,1-3H3. The fraction of sp³-hybridized carbons (Fsp3) is 0.667. The van der Waals surface area contributed by atoms with Crippen molar-refractivity contribution in [3.05, 3.63) is 77.9 Å². The van der Waals surface area contributed by atoms with Gasteiger partial charge in [-0.3, -0.25) is 0 Å².